The van der Waals surface area contributed by atoms with Gasteiger partial charge in [0, 0.05) is 5.56 Å². The normalized spacial score (nSPS) is 11.8. The number of ether oxygens (including phenoxy) is 1. The number of hydrogen-bond donors (Lipinski definition) is 0. The van der Waals surface area contributed by atoms with Crippen LogP contribution in [0.4, 0.5) is 30.7 Å². The lowest BCUT2D eigenvalue weighted by atomic mass is 10.0. The van der Waals surface area contributed by atoms with Crippen LogP contribution in [0.3, 0.4) is 0 Å². The molecule has 0 unspecified atom stereocenters. The molecule has 0 saturated heterocycles. The first-order valence-electron chi connectivity index (χ1n) is 5.80. The quantitative estimate of drug-likeness (QED) is 0.701. The van der Waals surface area contributed by atoms with Gasteiger partial charge in [-0.2, -0.15) is 22.0 Å². The number of hydrogen-bond acceptors (Lipinski definition) is 1. The maximum absolute atomic E-state index is 13.6. The minimum absolute atomic E-state index is 0.314. The van der Waals surface area contributed by atoms with Crippen molar-refractivity contribution in [1.29, 1.82) is 0 Å². The number of rotatable bonds is 3. The lowest BCUT2D eigenvalue weighted by Crippen LogP contribution is -2.11. The van der Waals surface area contributed by atoms with E-state index in [0.29, 0.717) is 12.1 Å². The first-order chi connectivity index (χ1) is 10.2. The second-order valence-electron chi connectivity index (χ2n) is 4.19. The highest BCUT2D eigenvalue weighted by Gasteiger charge is 2.35. The smallest absolute Gasteiger partial charge is 0.419 e. The van der Waals surface area contributed by atoms with Crippen LogP contribution >= 0.6 is 0 Å². The Morgan fingerprint density at radius 3 is 2.23 bits per heavy atom. The summed E-state index contributed by atoms with van der Waals surface area (Å²) < 4.78 is 93.4. The third-order valence-corrected chi connectivity index (χ3v) is 2.76. The lowest BCUT2D eigenvalue weighted by Gasteiger charge is -2.15. The van der Waals surface area contributed by atoms with Crippen LogP contribution in [0.5, 0.6) is 5.75 Å². The summed E-state index contributed by atoms with van der Waals surface area (Å²) in [5.41, 5.74) is -2.24. The van der Waals surface area contributed by atoms with Gasteiger partial charge in [0.15, 0.2) is 11.6 Å². The Morgan fingerprint density at radius 2 is 1.64 bits per heavy atom. The molecule has 1 nitrogen and oxygen atoms in total. The fraction of sp³-hybridized carbons (Fsp3) is 0.143. The molecule has 0 spiro atoms. The van der Waals surface area contributed by atoms with E-state index in [1.807, 2.05) is 0 Å². The van der Waals surface area contributed by atoms with Gasteiger partial charge in [0.2, 0.25) is 0 Å². The summed E-state index contributed by atoms with van der Waals surface area (Å²) in [5.74, 6) is -3.67. The molecule has 0 bridgehead atoms. The molecule has 0 aromatic heterocycles. The molecule has 0 aliphatic heterocycles. The van der Waals surface area contributed by atoms with E-state index in [1.54, 1.807) is 0 Å². The van der Waals surface area contributed by atoms with Gasteiger partial charge >= 0.3 is 12.8 Å². The molecule has 118 valence electrons. The lowest BCUT2D eigenvalue weighted by molar-refractivity contribution is -0.141. The molecule has 2 aromatic rings. The molecule has 2 rings (SSSR count). The summed E-state index contributed by atoms with van der Waals surface area (Å²) in [6.45, 7) is -3.45. The second kappa shape index (κ2) is 5.86. The summed E-state index contributed by atoms with van der Waals surface area (Å²) in [5, 5.41) is 0. The minimum Gasteiger partial charge on any atom is -0.434 e. The Hall–Kier alpha value is -2.25. The average molecular weight is 324 g/mol. The molecule has 0 aliphatic rings. The van der Waals surface area contributed by atoms with Gasteiger partial charge in [0.1, 0.15) is 5.75 Å². The summed E-state index contributed by atoms with van der Waals surface area (Å²) in [7, 11) is 0. The summed E-state index contributed by atoms with van der Waals surface area (Å²) in [4.78, 5) is 0. The third-order valence-electron chi connectivity index (χ3n) is 2.76. The SMILES string of the molecule is Fc1cccc(-c2ccc(OC(F)F)c(C(F)(F)F)c2)c1F. The highest BCUT2D eigenvalue weighted by Crippen LogP contribution is 2.39. The van der Waals surface area contributed by atoms with Crippen LogP contribution in [0, 0.1) is 11.6 Å². The maximum Gasteiger partial charge on any atom is 0.419 e. The Labute approximate surface area is 119 Å². The minimum atomic E-state index is -5.00. The molecule has 0 heterocycles. The molecule has 2 aromatic carbocycles. The van der Waals surface area contributed by atoms with Crippen LogP contribution in [0.15, 0.2) is 36.4 Å². The van der Waals surface area contributed by atoms with Crippen LogP contribution < -0.4 is 4.74 Å². The molecule has 0 amide bonds. The van der Waals surface area contributed by atoms with Gasteiger partial charge < -0.3 is 4.74 Å². The fourth-order valence-corrected chi connectivity index (χ4v) is 1.84. The third kappa shape index (κ3) is 3.32. The van der Waals surface area contributed by atoms with Crippen LogP contribution in [-0.2, 0) is 6.18 Å². The van der Waals surface area contributed by atoms with Gasteiger partial charge in [-0.1, -0.05) is 18.2 Å². The van der Waals surface area contributed by atoms with Gasteiger partial charge in [-0.3, -0.25) is 0 Å². The zero-order chi connectivity index (χ0) is 16.5. The molecule has 0 saturated carbocycles. The maximum atomic E-state index is 13.6. The van der Waals surface area contributed by atoms with Gasteiger partial charge in [0.05, 0.1) is 5.56 Å². The van der Waals surface area contributed by atoms with Gasteiger partial charge in [0.25, 0.3) is 0 Å². The predicted molar refractivity (Wildman–Crippen MR) is 63.4 cm³/mol. The Bertz CT molecular complexity index is 679. The van der Waals surface area contributed by atoms with Crippen molar-refractivity contribution in [2.45, 2.75) is 12.8 Å². The molecule has 0 atom stereocenters. The van der Waals surface area contributed by atoms with Crippen molar-refractivity contribution < 1.29 is 35.5 Å². The van der Waals surface area contributed by atoms with E-state index in [-0.39, 0.29) is 5.56 Å². The summed E-state index contributed by atoms with van der Waals surface area (Å²) in [6.07, 6.45) is -5.00. The molecule has 0 fully saturated rings. The van der Waals surface area contributed by atoms with Crippen molar-refractivity contribution in [1.82, 2.24) is 0 Å². The van der Waals surface area contributed by atoms with E-state index >= 15 is 0 Å². The Morgan fingerprint density at radius 1 is 0.955 bits per heavy atom. The number of halogens is 7. The topological polar surface area (TPSA) is 9.23 Å². The number of benzene rings is 2. The van der Waals surface area contributed by atoms with Crippen molar-refractivity contribution >= 4 is 0 Å². The molecule has 0 aliphatic carbocycles. The molecular formula is C14H7F7O. The molecule has 0 radical (unpaired) electrons. The van der Waals surface area contributed by atoms with Gasteiger partial charge in [-0.25, -0.2) is 8.78 Å². The fourth-order valence-electron chi connectivity index (χ4n) is 1.84. The summed E-state index contributed by atoms with van der Waals surface area (Å²) >= 11 is 0. The van der Waals surface area contributed by atoms with Crippen LogP contribution in [0.2, 0.25) is 0 Å². The van der Waals surface area contributed by atoms with E-state index in [2.05, 4.69) is 4.74 Å². The van der Waals surface area contributed by atoms with Crippen molar-refractivity contribution in [3.63, 3.8) is 0 Å². The Balaban J connectivity index is 2.58. The molecule has 22 heavy (non-hydrogen) atoms. The molecule has 0 N–H and O–H groups in total. The van der Waals surface area contributed by atoms with Crippen LogP contribution in [0.1, 0.15) is 5.56 Å². The standard InChI is InChI=1S/C14H7F7O/c15-10-3-1-2-8(12(10)16)7-4-5-11(22-13(17)18)9(6-7)14(19,20)21/h1-6,13H. The second-order valence-corrected chi connectivity index (χ2v) is 4.19. The summed E-state index contributed by atoms with van der Waals surface area (Å²) in [6, 6.07) is 4.99. The zero-order valence-electron chi connectivity index (χ0n) is 10.6. The highest BCUT2D eigenvalue weighted by atomic mass is 19.4. The number of alkyl halides is 5. The largest absolute Gasteiger partial charge is 0.434 e. The van der Waals surface area contributed by atoms with E-state index in [0.717, 1.165) is 24.3 Å². The zero-order valence-corrected chi connectivity index (χ0v) is 10.6. The van der Waals surface area contributed by atoms with Crippen molar-refractivity contribution in [2.24, 2.45) is 0 Å². The van der Waals surface area contributed by atoms with E-state index in [9.17, 15) is 30.7 Å². The first kappa shape index (κ1) is 16.1. The van der Waals surface area contributed by atoms with Crippen LogP contribution in [-0.4, -0.2) is 6.61 Å². The molecular weight excluding hydrogens is 317 g/mol. The highest BCUT2D eigenvalue weighted by molar-refractivity contribution is 5.66. The predicted octanol–water partition coefficient (Wildman–Crippen LogP) is 5.25. The van der Waals surface area contributed by atoms with E-state index in [1.165, 1.54) is 0 Å². The first-order valence-corrected chi connectivity index (χ1v) is 5.80. The van der Waals surface area contributed by atoms with Crippen molar-refractivity contribution in [3.05, 3.63) is 53.6 Å². The van der Waals surface area contributed by atoms with Gasteiger partial charge in [-0.15, -0.1) is 0 Å². The van der Waals surface area contributed by atoms with E-state index in [4.69, 9.17) is 0 Å². The monoisotopic (exact) mass is 324 g/mol. The molecule has 8 heteroatoms. The van der Waals surface area contributed by atoms with Crippen molar-refractivity contribution in [3.8, 4) is 16.9 Å². The van der Waals surface area contributed by atoms with Crippen LogP contribution in [0.25, 0.3) is 11.1 Å². The van der Waals surface area contributed by atoms with Crippen molar-refractivity contribution in [2.75, 3.05) is 0 Å². The average Bonchev–Trinajstić information content (AvgIpc) is 2.41. The van der Waals surface area contributed by atoms with Gasteiger partial charge in [-0.05, 0) is 23.8 Å². The van der Waals surface area contributed by atoms with E-state index < -0.39 is 41.3 Å². The Kier molecular flexibility index (Phi) is 4.30.